The number of rotatable bonds is 13. The van der Waals surface area contributed by atoms with E-state index in [4.69, 9.17) is 23.7 Å². The molecule has 212 valence electrons. The van der Waals surface area contributed by atoms with E-state index >= 15 is 0 Å². The van der Waals surface area contributed by atoms with E-state index in [1.807, 2.05) is 6.92 Å². The Labute approximate surface area is 230 Å². The van der Waals surface area contributed by atoms with Crippen LogP contribution in [0.4, 0.5) is 0 Å². The Morgan fingerprint density at radius 3 is 2.25 bits per heavy atom. The Morgan fingerprint density at radius 2 is 1.57 bits per heavy atom. The first-order chi connectivity index (χ1) is 19.2. The molecule has 2 atom stereocenters. The van der Waals surface area contributed by atoms with Gasteiger partial charge in [0.1, 0.15) is 30.0 Å². The standard InChI is InChI=1S/C29H31NO10/c1-17(30-15-20(31)16-38-23-9-5-8-22(14-23)37-3)12-19-10-11-24-26(40-29(39-24,27(32)33)28(34)35)25(19)18-6-4-7-21(13-18)36-2/h4-11,13-14,17,20,30-31H,12,15-16H2,1-3H3,(H,32,33)(H,34,35). The second kappa shape index (κ2) is 12.1. The predicted octanol–water partition coefficient (Wildman–Crippen LogP) is 2.97. The Balaban J connectivity index is 1.52. The van der Waals surface area contributed by atoms with Crippen molar-refractivity contribution in [3.8, 4) is 39.9 Å². The molecule has 3 aromatic rings. The number of methoxy groups -OCH3 is 2. The van der Waals surface area contributed by atoms with Crippen LogP contribution in [0.5, 0.6) is 28.7 Å². The van der Waals surface area contributed by atoms with Crippen molar-refractivity contribution < 1.29 is 48.6 Å². The van der Waals surface area contributed by atoms with E-state index in [1.165, 1.54) is 13.2 Å². The van der Waals surface area contributed by atoms with Gasteiger partial charge in [0.25, 0.3) is 0 Å². The van der Waals surface area contributed by atoms with E-state index in [2.05, 4.69) is 5.32 Å². The van der Waals surface area contributed by atoms with Gasteiger partial charge in [0.05, 0.1) is 14.2 Å². The van der Waals surface area contributed by atoms with Gasteiger partial charge in [-0.25, -0.2) is 9.59 Å². The maximum Gasteiger partial charge on any atom is 0.453 e. The van der Waals surface area contributed by atoms with E-state index < -0.39 is 23.8 Å². The van der Waals surface area contributed by atoms with Crippen LogP contribution in [-0.2, 0) is 16.0 Å². The van der Waals surface area contributed by atoms with Gasteiger partial charge in [0.15, 0.2) is 11.5 Å². The topological polar surface area (TPSA) is 153 Å². The Bertz CT molecular complexity index is 1360. The molecule has 0 aromatic heterocycles. The van der Waals surface area contributed by atoms with Gasteiger partial charge in [0, 0.05) is 24.2 Å². The molecule has 1 aliphatic heterocycles. The molecule has 3 aromatic carbocycles. The van der Waals surface area contributed by atoms with E-state index in [0.717, 1.165) is 5.56 Å². The lowest BCUT2D eigenvalue weighted by atomic mass is 9.94. The lowest BCUT2D eigenvalue weighted by Crippen LogP contribution is -2.54. The van der Waals surface area contributed by atoms with E-state index in [1.54, 1.807) is 61.7 Å². The van der Waals surface area contributed by atoms with Crippen LogP contribution in [0, 0.1) is 0 Å². The molecule has 4 rings (SSSR count). The minimum absolute atomic E-state index is 0.00269. The normalized spacial score (nSPS) is 14.7. The fourth-order valence-electron chi connectivity index (χ4n) is 4.32. The van der Waals surface area contributed by atoms with Crippen molar-refractivity contribution in [3.05, 3.63) is 66.2 Å². The SMILES string of the molecule is COc1cccc(OCC(O)CNC(C)Cc2ccc3c(c2-c2cccc(OC)c2)OC(C(=O)O)(C(=O)O)O3)c1. The first-order valence-corrected chi connectivity index (χ1v) is 12.5. The zero-order valence-corrected chi connectivity index (χ0v) is 22.2. The molecule has 0 amide bonds. The number of aliphatic hydroxyl groups is 1. The number of aliphatic hydroxyl groups excluding tert-OH is 1. The molecule has 0 fully saturated rings. The van der Waals surface area contributed by atoms with Crippen LogP contribution in [0.3, 0.4) is 0 Å². The number of hydrogen-bond donors (Lipinski definition) is 4. The minimum Gasteiger partial charge on any atom is -0.497 e. The lowest BCUT2D eigenvalue weighted by Gasteiger charge is -2.20. The number of ether oxygens (including phenoxy) is 5. The molecule has 4 N–H and O–H groups in total. The third-order valence-corrected chi connectivity index (χ3v) is 6.34. The minimum atomic E-state index is -2.90. The molecule has 0 radical (unpaired) electrons. The van der Waals surface area contributed by atoms with Gasteiger partial charge < -0.3 is 44.3 Å². The van der Waals surface area contributed by atoms with Crippen LogP contribution in [-0.4, -0.2) is 72.6 Å². The van der Waals surface area contributed by atoms with Crippen molar-refractivity contribution in [3.63, 3.8) is 0 Å². The molecule has 0 saturated carbocycles. The average Bonchev–Trinajstić information content (AvgIpc) is 3.36. The monoisotopic (exact) mass is 553 g/mol. The van der Waals surface area contributed by atoms with E-state index in [-0.39, 0.29) is 30.7 Å². The summed E-state index contributed by atoms with van der Waals surface area (Å²) in [5.74, 6) is -4.68. The van der Waals surface area contributed by atoms with Crippen LogP contribution in [0.2, 0.25) is 0 Å². The first kappa shape index (κ1) is 28.5. The first-order valence-electron chi connectivity index (χ1n) is 12.5. The number of carboxylic acids is 2. The summed E-state index contributed by atoms with van der Waals surface area (Å²) in [6.45, 7) is 2.23. The van der Waals surface area contributed by atoms with Crippen LogP contribution in [0.1, 0.15) is 12.5 Å². The van der Waals surface area contributed by atoms with Crippen molar-refractivity contribution in [2.24, 2.45) is 0 Å². The summed E-state index contributed by atoms with van der Waals surface area (Å²) >= 11 is 0. The van der Waals surface area contributed by atoms with Crippen molar-refractivity contribution in [1.29, 1.82) is 0 Å². The molecular weight excluding hydrogens is 522 g/mol. The van der Waals surface area contributed by atoms with Crippen molar-refractivity contribution in [2.75, 3.05) is 27.4 Å². The highest BCUT2D eigenvalue weighted by Gasteiger charge is 2.58. The zero-order valence-electron chi connectivity index (χ0n) is 22.2. The molecule has 40 heavy (non-hydrogen) atoms. The second-order valence-corrected chi connectivity index (χ2v) is 9.25. The Hall–Kier alpha value is -4.48. The number of nitrogens with one attached hydrogen (secondary N) is 1. The smallest absolute Gasteiger partial charge is 0.453 e. The second-order valence-electron chi connectivity index (χ2n) is 9.25. The number of fused-ring (bicyclic) bond motifs is 1. The van der Waals surface area contributed by atoms with Gasteiger partial charge in [0.2, 0.25) is 0 Å². The largest absolute Gasteiger partial charge is 0.497 e. The maximum atomic E-state index is 11.9. The molecule has 0 saturated heterocycles. The summed E-state index contributed by atoms with van der Waals surface area (Å²) in [7, 11) is 3.08. The quantitative estimate of drug-likeness (QED) is 0.231. The van der Waals surface area contributed by atoms with Gasteiger partial charge >= 0.3 is 17.7 Å². The van der Waals surface area contributed by atoms with E-state index in [0.29, 0.717) is 34.8 Å². The molecule has 11 heteroatoms. The summed E-state index contributed by atoms with van der Waals surface area (Å²) in [5.41, 5.74) is 1.85. The lowest BCUT2D eigenvalue weighted by molar-refractivity contribution is -0.194. The third kappa shape index (κ3) is 6.05. The fraction of sp³-hybridized carbons (Fsp3) is 0.310. The van der Waals surface area contributed by atoms with Gasteiger partial charge in [-0.3, -0.25) is 0 Å². The molecule has 0 spiro atoms. The van der Waals surface area contributed by atoms with Crippen LogP contribution in [0.25, 0.3) is 11.1 Å². The Kier molecular flexibility index (Phi) is 8.66. The van der Waals surface area contributed by atoms with Crippen molar-refractivity contribution in [2.45, 2.75) is 31.3 Å². The van der Waals surface area contributed by atoms with Crippen LogP contribution in [0.15, 0.2) is 60.7 Å². The third-order valence-electron chi connectivity index (χ3n) is 6.34. The number of aliphatic carboxylic acids is 2. The fourth-order valence-corrected chi connectivity index (χ4v) is 4.32. The highest BCUT2D eigenvalue weighted by atomic mass is 16.8. The highest BCUT2D eigenvalue weighted by Crippen LogP contribution is 2.48. The van der Waals surface area contributed by atoms with Gasteiger partial charge in [-0.1, -0.05) is 24.3 Å². The molecule has 0 bridgehead atoms. The number of carboxylic acid groups (broad SMARTS) is 2. The molecular formula is C29H31NO10. The predicted molar refractivity (Wildman–Crippen MR) is 143 cm³/mol. The molecule has 11 nitrogen and oxygen atoms in total. The molecule has 1 aliphatic rings. The average molecular weight is 554 g/mol. The highest BCUT2D eigenvalue weighted by molar-refractivity contribution is 6.02. The van der Waals surface area contributed by atoms with Crippen molar-refractivity contribution in [1.82, 2.24) is 5.32 Å². The van der Waals surface area contributed by atoms with Gasteiger partial charge in [-0.2, -0.15) is 0 Å². The summed E-state index contributed by atoms with van der Waals surface area (Å²) in [5, 5.41) is 33.0. The number of hydrogen-bond acceptors (Lipinski definition) is 9. The number of benzene rings is 3. The summed E-state index contributed by atoms with van der Waals surface area (Å²) < 4.78 is 27.1. The van der Waals surface area contributed by atoms with Crippen LogP contribution < -0.4 is 29.0 Å². The summed E-state index contributed by atoms with van der Waals surface area (Å²) in [4.78, 5) is 23.7. The van der Waals surface area contributed by atoms with Crippen LogP contribution >= 0.6 is 0 Å². The van der Waals surface area contributed by atoms with Gasteiger partial charge in [-0.15, -0.1) is 0 Å². The number of carbonyl (C=O) groups is 2. The van der Waals surface area contributed by atoms with Crippen molar-refractivity contribution >= 4 is 11.9 Å². The summed E-state index contributed by atoms with van der Waals surface area (Å²) in [6, 6.07) is 17.2. The maximum absolute atomic E-state index is 11.9. The summed E-state index contributed by atoms with van der Waals surface area (Å²) in [6.07, 6.45) is -0.366. The van der Waals surface area contributed by atoms with Gasteiger partial charge in [-0.05, 0) is 54.8 Å². The molecule has 1 heterocycles. The molecule has 2 unspecified atom stereocenters. The molecule has 0 aliphatic carbocycles. The Morgan fingerprint density at radius 1 is 0.925 bits per heavy atom. The zero-order chi connectivity index (χ0) is 28.9. The van der Waals surface area contributed by atoms with E-state index in [9.17, 15) is 24.9 Å².